The second-order valence-corrected chi connectivity index (χ2v) is 5.93. The molecule has 0 aliphatic carbocycles. The summed E-state index contributed by atoms with van der Waals surface area (Å²) in [6.45, 7) is 7.42. The van der Waals surface area contributed by atoms with Crippen molar-refractivity contribution in [1.29, 1.82) is 0 Å². The van der Waals surface area contributed by atoms with Crippen LogP contribution >= 0.6 is 0 Å². The SMILES string of the molecule is CCCC(C)(CN)CN1CCN(CC(F)(F)F)CC1. The highest BCUT2D eigenvalue weighted by atomic mass is 19.4. The first-order chi connectivity index (χ1) is 8.78. The molecule has 1 atom stereocenters. The number of hydrogen-bond donors (Lipinski definition) is 1. The summed E-state index contributed by atoms with van der Waals surface area (Å²) in [7, 11) is 0. The van der Waals surface area contributed by atoms with Crippen molar-refractivity contribution < 1.29 is 13.2 Å². The van der Waals surface area contributed by atoms with Crippen molar-refractivity contribution in [1.82, 2.24) is 9.80 Å². The van der Waals surface area contributed by atoms with Crippen LogP contribution in [0.4, 0.5) is 13.2 Å². The highest BCUT2D eigenvalue weighted by molar-refractivity contribution is 4.82. The van der Waals surface area contributed by atoms with Gasteiger partial charge in [0.05, 0.1) is 6.54 Å². The van der Waals surface area contributed by atoms with E-state index in [9.17, 15) is 13.2 Å². The fourth-order valence-corrected chi connectivity index (χ4v) is 2.75. The molecule has 19 heavy (non-hydrogen) atoms. The van der Waals surface area contributed by atoms with E-state index >= 15 is 0 Å². The quantitative estimate of drug-likeness (QED) is 0.807. The van der Waals surface area contributed by atoms with Gasteiger partial charge in [0.2, 0.25) is 0 Å². The Labute approximate surface area is 113 Å². The molecular formula is C13H26F3N3. The Bertz CT molecular complexity index is 262. The van der Waals surface area contributed by atoms with Gasteiger partial charge in [-0.1, -0.05) is 20.3 Å². The van der Waals surface area contributed by atoms with Crippen LogP contribution in [0.2, 0.25) is 0 Å². The lowest BCUT2D eigenvalue weighted by Gasteiger charge is -2.40. The van der Waals surface area contributed by atoms with Gasteiger partial charge in [0.15, 0.2) is 0 Å². The molecule has 0 radical (unpaired) electrons. The normalized spacial score (nSPS) is 22.4. The van der Waals surface area contributed by atoms with Crippen LogP contribution in [0.15, 0.2) is 0 Å². The fraction of sp³-hybridized carbons (Fsp3) is 1.00. The van der Waals surface area contributed by atoms with Gasteiger partial charge in [-0.15, -0.1) is 0 Å². The topological polar surface area (TPSA) is 32.5 Å². The number of halogens is 3. The van der Waals surface area contributed by atoms with Gasteiger partial charge in [-0.2, -0.15) is 13.2 Å². The summed E-state index contributed by atoms with van der Waals surface area (Å²) in [5.74, 6) is 0. The minimum atomic E-state index is -4.09. The third-order valence-corrected chi connectivity index (χ3v) is 3.82. The van der Waals surface area contributed by atoms with Crippen LogP contribution in [-0.4, -0.2) is 61.8 Å². The molecule has 1 heterocycles. The zero-order valence-electron chi connectivity index (χ0n) is 12.0. The Morgan fingerprint density at radius 1 is 1.00 bits per heavy atom. The van der Waals surface area contributed by atoms with Crippen molar-refractivity contribution in [3.8, 4) is 0 Å². The first-order valence-corrected chi connectivity index (χ1v) is 6.99. The Hall–Kier alpha value is -0.330. The highest BCUT2D eigenvalue weighted by Gasteiger charge is 2.33. The molecule has 6 heteroatoms. The van der Waals surface area contributed by atoms with E-state index in [-0.39, 0.29) is 5.41 Å². The third-order valence-electron chi connectivity index (χ3n) is 3.82. The van der Waals surface area contributed by atoms with Crippen molar-refractivity contribution in [2.75, 3.05) is 45.8 Å². The zero-order valence-corrected chi connectivity index (χ0v) is 12.0. The van der Waals surface area contributed by atoms with Crippen molar-refractivity contribution in [3.05, 3.63) is 0 Å². The van der Waals surface area contributed by atoms with Crippen molar-refractivity contribution in [3.63, 3.8) is 0 Å². The minimum Gasteiger partial charge on any atom is -0.330 e. The second kappa shape index (κ2) is 6.90. The Balaban J connectivity index is 2.37. The lowest BCUT2D eigenvalue weighted by molar-refractivity contribution is -0.149. The van der Waals surface area contributed by atoms with Crippen LogP contribution in [0.1, 0.15) is 26.7 Å². The molecule has 1 fully saturated rings. The molecule has 1 rings (SSSR count). The van der Waals surface area contributed by atoms with E-state index in [1.54, 1.807) is 0 Å². The largest absolute Gasteiger partial charge is 0.401 e. The van der Waals surface area contributed by atoms with Crippen LogP contribution < -0.4 is 5.73 Å². The summed E-state index contributed by atoms with van der Waals surface area (Å²) in [5.41, 5.74) is 5.92. The summed E-state index contributed by atoms with van der Waals surface area (Å²) in [6.07, 6.45) is -1.94. The molecule has 2 N–H and O–H groups in total. The first-order valence-electron chi connectivity index (χ1n) is 6.99. The van der Waals surface area contributed by atoms with Gasteiger partial charge in [-0.3, -0.25) is 4.90 Å². The molecule has 1 aliphatic heterocycles. The predicted octanol–water partition coefficient (Wildman–Crippen LogP) is 1.93. The van der Waals surface area contributed by atoms with Gasteiger partial charge in [-0.25, -0.2) is 0 Å². The average Bonchev–Trinajstić information content (AvgIpc) is 2.30. The summed E-state index contributed by atoms with van der Waals surface area (Å²) in [5, 5.41) is 0. The molecule has 0 saturated carbocycles. The fourth-order valence-electron chi connectivity index (χ4n) is 2.75. The van der Waals surface area contributed by atoms with Gasteiger partial charge in [0.1, 0.15) is 0 Å². The van der Waals surface area contributed by atoms with E-state index < -0.39 is 12.7 Å². The Kier molecular flexibility index (Phi) is 6.08. The molecule has 3 nitrogen and oxygen atoms in total. The van der Waals surface area contributed by atoms with E-state index in [1.165, 1.54) is 4.90 Å². The molecule has 1 unspecified atom stereocenters. The average molecular weight is 281 g/mol. The summed E-state index contributed by atoms with van der Waals surface area (Å²) in [6, 6.07) is 0. The first kappa shape index (κ1) is 16.7. The van der Waals surface area contributed by atoms with Crippen molar-refractivity contribution in [2.45, 2.75) is 32.9 Å². The number of rotatable bonds is 6. The standard InChI is InChI=1S/C13H26F3N3/c1-3-4-12(2,9-17)10-18-5-7-19(8-6-18)11-13(14,15)16/h3-11,17H2,1-2H3. The van der Waals surface area contributed by atoms with E-state index in [0.29, 0.717) is 32.7 Å². The summed E-state index contributed by atoms with van der Waals surface area (Å²) >= 11 is 0. The molecule has 0 amide bonds. The maximum atomic E-state index is 12.3. The number of alkyl halides is 3. The van der Waals surface area contributed by atoms with Crippen LogP contribution in [0.3, 0.4) is 0 Å². The molecular weight excluding hydrogens is 255 g/mol. The monoisotopic (exact) mass is 281 g/mol. The molecule has 1 aliphatic rings. The van der Waals surface area contributed by atoms with Crippen molar-refractivity contribution in [2.24, 2.45) is 11.1 Å². The van der Waals surface area contributed by atoms with Crippen LogP contribution in [0.5, 0.6) is 0 Å². The van der Waals surface area contributed by atoms with E-state index in [0.717, 1.165) is 19.4 Å². The lowest BCUT2D eigenvalue weighted by Crippen LogP contribution is -2.52. The molecule has 114 valence electrons. The highest BCUT2D eigenvalue weighted by Crippen LogP contribution is 2.24. The predicted molar refractivity (Wildman–Crippen MR) is 71.0 cm³/mol. The Morgan fingerprint density at radius 2 is 1.47 bits per heavy atom. The maximum Gasteiger partial charge on any atom is 0.401 e. The molecule has 0 bridgehead atoms. The lowest BCUT2D eigenvalue weighted by atomic mass is 9.85. The number of nitrogens with two attached hydrogens (primary N) is 1. The maximum absolute atomic E-state index is 12.3. The van der Waals surface area contributed by atoms with Gasteiger partial charge in [0.25, 0.3) is 0 Å². The van der Waals surface area contributed by atoms with Gasteiger partial charge in [-0.05, 0) is 18.4 Å². The van der Waals surface area contributed by atoms with Crippen LogP contribution in [0.25, 0.3) is 0 Å². The van der Waals surface area contributed by atoms with Crippen LogP contribution in [0, 0.1) is 5.41 Å². The molecule has 0 spiro atoms. The van der Waals surface area contributed by atoms with E-state index in [1.807, 2.05) is 0 Å². The van der Waals surface area contributed by atoms with Crippen molar-refractivity contribution >= 4 is 0 Å². The Morgan fingerprint density at radius 3 is 1.84 bits per heavy atom. The molecule has 0 aromatic rings. The molecule has 0 aromatic heterocycles. The number of hydrogen-bond acceptors (Lipinski definition) is 3. The van der Waals surface area contributed by atoms with E-state index in [4.69, 9.17) is 5.73 Å². The van der Waals surface area contributed by atoms with Gasteiger partial charge in [0, 0.05) is 32.7 Å². The minimum absolute atomic E-state index is 0.0843. The zero-order chi connectivity index (χ0) is 14.5. The van der Waals surface area contributed by atoms with E-state index in [2.05, 4.69) is 18.7 Å². The molecule has 1 saturated heterocycles. The number of piperazine rings is 1. The second-order valence-electron chi connectivity index (χ2n) is 5.93. The third kappa shape index (κ3) is 6.10. The van der Waals surface area contributed by atoms with Crippen LogP contribution in [-0.2, 0) is 0 Å². The summed E-state index contributed by atoms with van der Waals surface area (Å²) < 4.78 is 36.9. The smallest absolute Gasteiger partial charge is 0.330 e. The molecule has 0 aromatic carbocycles. The van der Waals surface area contributed by atoms with Gasteiger partial charge < -0.3 is 10.6 Å². The van der Waals surface area contributed by atoms with Gasteiger partial charge >= 0.3 is 6.18 Å². The summed E-state index contributed by atoms with van der Waals surface area (Å²) in [4.78, 5) is 3.73. The number of nitrogens with zero attached hydrogens (tertiary/aromatic N) is 2.